The number of carbonyl (C=O) groups excluding carboxylic acids is 3. The summed E-state index contributed by atoms with van der Waals surface area (Å²) in [4.78, 5) is 47.5. The minimum Gasteiger partial charge on any atom is -0.468 e. The van der Waals surface area contributed by atoms with E-state index in [0.717, 1.165) is 68.2 Å². The molecule has 1 aromatic carbocycles. The number of piperazine rings is 1. The maximum Gasteiger partial charge on any atom is 0.325 e. The molecule has 1 saturated heterocycles. The van der Waals surface area contributed by atoms with Crippen LogP contribution in [0.1, 0.15) is 52.5 Å². The van der Waals surface area contributed by atoms with Crippen LogP contribution in [-0.4, -0.2) is 60.5 Å². The van der Waals surface area contributed by atoms with E-state index in [4.69, 9.17) is 4.74 Å². The summed E-state index contributed by atoms with van der Waals surface area (Å²) in [6.07, 6.45) is 4.73. The number of ketones is 1. The van der Waals surface area contributed by atoms with Crippen LogP contribution in [0.25, 0.3) is 0 Å². The van der Waals surface area contributed by atoms with Gasteiger partial charge in [0, 0.05) is 49.4 Å². The zero-order chi connectivity index (χ0) is 27.5. The van der Waals surface area contributed by atoms with E-state index in [-0.39, 0.29) is 18.2 Å². The Kier molecular flexibility index (Phi) is 7.67. The van der Waals surface area contributed by atoms with Crippen LogP contribution in [0.3, 0.4) is 0 Å². The zero-order valence-corrected chi connectivity index (χ0v) is 22.8. The van der Waals surface area contributed by atoms with E-state index in [0.29, 0.717) is 5.69 Å². The summed E-state index contributed by atoms with van der Waals surface area (Å²) in [5.74, 6) is -0.579. The first kappa shape index (κ1) is 26.5. The summed E-state index contributed by atoms with van der Waals surface area (Å²) in [6, 6.07) is 13.6. The molecule has 1 amide bonds. The van der Waals surface area contributed by atoms with Crippen LogP contribution >= 0.6 is 0 Å². The number of nitrogens with one attached hydrogen (secondary N) is 1. The number of benzene rings is 1. The number of nitrogens with zero attached hydrogens (tertiary/aromatic N) is 4. The molecule has 0 bridgehead atoms. The molecule has 0 radical (unpaired) electrons. The second kappa shape index (κ2) is 11.3. The zero-order valence-electron chi connectivity index (χ0n) is 22.8. The summed E-state index contributed by atoms with van der Waals surface area (Å²) in [5, 5.41) is 2.74. The van der Waals surface area contributed by atoms with Gasteiger partial charge in [0.15, 0.2) is 0 Å². The van der Waals surface area contributed by atoms with Crippen molar-refractivity contribution in [3.63, 3.8) is 0 Å². The monoisotopic (exact) mass is 529 g/mol. The highest BCUT2D eigenvalue weighted by Crippen LogP contribution is 2.38. The molecule has 1 N–H and O–H groups in total. The number of hydrogen-bond acceptors (Lipinski definition) is 7. The van der Waals surface area contributed by atoms with Crippen LogP contribution in [0.4, 0.5) is 17.2 Å². The van der Waals surface area contributed by atoms with Gasteiger partial charge >= 0.3 is 5.97 Å². The molecule has 0 unspecified atom stereocenters. The molecule has 3 aromatic rings. The lowest BCUT2D eigenvalue weighted by Crippen LogP contribution is -2.46. The number of methoxy groups -OCH3 is 1. The van der Waals surface area contributed by atoms with Gasteiger partial charge in [-0.2, -0.15) is 0 Å². The topological polar surface area (TPSA) is 96.8 Å². The molecule has 0 atom stereocenters. The summed E-state index contributed by atoms with van der Waals surface area (Å²) in [6.45, 7) is 7.47. The molecule has 3 heterocycles. The highest BCUT2D eigenvalue weighted by molar-refractivity contribution is 6.46. The average molecular weight is 530 g/mol. The largest absolute Gasteiger partial charge is 0.468 e. The van der Waals surface area contributed by atoms with E-state index in [1.54, 1.807) is 6.20 Å². The Hall–Kier alpha value is -4.14. The molecular weight excluding hydrogens is 494 g/mol. The molecule has 39 heavy (non-hydrogen) atoms. The first-order chi connectivity index (χ1) is 18.8. The normalized spacial score (nSPS) is 15.6. The Balaban J connectivity index is 1.22. The Morgan fingerprint density at radius 1 is 0.974 bits per heavy atom. The Morgan fingerprint density at radius 3 is 2.28 bits per heavy atom. The Morgan fingerprint density at radius 2 is 1.67 bits per heavy atom. The van der Waals surface area contributed by atoms with Crippen LogP contribution in [-0.2, 0) is 20.9 Å². The summed E-state index contributed by atoms with van der Waals surface area (Å²) in [5.41, 5.74) is 4.95. The molecule has 9 nitrogen and oxygen atoms in total. The van der Waals surface area contributed by atoms with E-state index in [2.05, 4.69) is 39.2 Å². The summed E-state index contributed by atoms with van der Waals surface area (Å²) < 4.78 is 6.30. The van der Waals surface area contributed by atoms with E-state index in [9.17, 15) is 14.4 Å². The number of esters is 1. The standard InChI is InChI=1S/C30H35N5O4/c1-20-17-21(2)31-26(18-20)34-15-13-33(14-16-34)24-9-7-23(8-10-24)32-30(38)29(37)28-25(22-5-4-6-22)11-12-35(28)19-27(36)39-3/h7-12,17-18,22H,4-6,13-16,19H2,1-3H3,(H,32,38). The maximum absolute atomic E-state index is 13.3. The van der Waals surface area contributed by atoms with Crippen LogP contribution < -0.4 is 15.1 Å². The highest BCUT2D eigenvalue weighted by Gasteiger charge is 2.31. The van der Waals surface area contributed by atoms with E-state index >= 15 is 0 Å². The van der Waals surface area contributed by atoms with Crippen molar-refractivity contribution in [3.8, 4) is 0 Å². The van der Waals surface area contributed by atoms with Crippen molar-refractivity contribution in [2.45, 2.75) is 45.6 Å². The van der Waals surface area contributed by atoms with Gasteiger partial charge in [-0.05, 0) is 86.2 Å². The van der Waals surface area contributed by atoms with Gasteiger partial charge in [0.25, 0.3) is 11.7 Å². The smallest absolute Gasteiger partial charge is 0.325 e. The fourth-order valence-corrected chi connectivity index (χ4v) is 5.36. The molecule has 0 spiro atoms. The van der Waals surface area contributed by atoms with E-state index < -0.39 is 17.7 Å². The third-order valence-electron chi connectivity index (χ3n) is 7.67. The lowest BCUT2D eigenvalue weighted by atomic mass is 9.79. The van der Waals surface area contributed by atoms with Crippen LogP contribution in [0.5, 0.6) is 0 Å². The van der Waals surface area contributed by atoms with E-state index in [1.165, 1.54) is 17.2 Å². The molecule has 9 heteroatoms. The lowest BCUT2D eigenvalue weighted by molar-refractivity contribution is -0.141. The van der Waals surface area contributed by atoms with Gasteiger partial charge in [0.05, 0.1) is 12.8 Å². The van der Waals surface area contributed by atoms with Gasteiger partial charge in [-0.25, -0.2) is 4.98 Å². The molecule has 204 valence electrons. The molecule has 2 fully saturated rings. The predicted molar refractivity (Wildman–Crippen MR) is 151 cm³/mol. The molecule has 2 aliphatic rings. The number of aryl methyl sites for hydroxylation is 2. The van der Waals surface area contributed by atoms with Crippen molar-refractivity contribution in [2.75, 3.05) is 48.4 Å². The van der Waals surface area contributed by atoms with Gasteiger partial charge in [-0.3, -0.25) is 14.4 Å². The number of hydrogen-bond donors (Lipinski definition) is 1. The molecule has 1 aliphatic carbocycles. The number of carbonyl (C=O) groups is 3. The first-order valence-corrected chi connectivity index (χ1v) is 13.5. The molecular formula is C30H35N5O4. The maximum atomic E-state index is 13.3. The fourth-order valence-electron chi connectivity index (χ4n) is 5.36. The third kappa shape index (κ3) is 5.82. The first-order valence-electron chi connectivity index (χ1n) is 13.5. The van der Waals surface area contributed by atoms with Gasteiger partial charge in [0.1, 0.15) is 12.4 Å². The molecule has 1 aliphatic heterocycles. The van der Waals surface area contributed by atoms with Crippen LogP contribution in [0, 0.1) is 13.8 Å². The van der Waals surface area contributed by atoms with E-state index in [1.807, 2.05) is 37.3 Å². The van der Waals surface area contributed by atoms with Crippen molar-refractivity contribution in [2.24, 2.45) is 0 Å². The number of Topliss-reactive ketones (excluding diaryl/α,β-unsaturated/α-hetero) is 1. The van der Waals surface area contributed by atoms with Crippen molar-refractivity contribution in [3.05, 3.63) is 71.2 Å². The summed E-state index contributed by atoms with van der Waals surface area (Å²) >= 11 is 0. The predicted octanol–water partition coefficient (Wildman–Crippen LogP) is 4.09. The average Bonchev–Trinajstić information content (AvgIpc) is 3.29. The van der Waals surface area contributed by atoms with Crippen LogP contribution in [0.15, 0.2) is 48.7 Å². The molecule has 2 aromatic heterocycles. The quantitative estimate of drug-likeness (QED) is 0.267. The Labute approximate surface area is 228 Å². The van der Waals surface area contributed by atoms with Gasteiger partial charge in [0.2, 0.25) is 0 Å². The number of aromatic nitrogens is 2. The molecule has 5 rings (SSSR count). The fraction of sp³-hybridized carbons (Fsp3) is 0.400. The van der Waals surface area contributed by atoms with Crippen molar-refractivity contribution >= 4 is 34.9 Å². The lowest BCUT2D eigenvalue weighted by Gasteiger charge is -2.37. The van der Waals surface area contributed by atoms with Crippen molar-refractivity contribution < 1.29 is 19.1 Å². The second-order valence-electron chi connectivity index (χ2n) is 10.4. The Bertz CT molecular complexity index is 1350. The number of rotatable bonds is 8. The van der Waals surface area contributed by atoms with Gasteiger partial charge < -0.3 is 24.4 Å². The minimum absolute atomic E-state index is 0.112. The van der Waals surface area contributed by atoms with Crippen molar-refractivity contribution in [1.82, 2.24) is 9.55 Å². The number of pyridine rings is 1. The second-order valence-corrected chi connectivity index (χ2v) is 10.4. The SMILES string of the molecule is COC(=O)Cn1ccc(C2CCC2)c1C(=O)C(=O)Nc1ccc(N2CCN(c3cc(C)cc(C)n3)CC2)cc1. The van der Waals surface area contributed by atoms with Crippen LogP contribution in [0.2, 0.25) is 0 Å². The highest BCUT2D eigenvalue weighted by atomic mass is 16.5. The minimum atomic E-state index is -0.720. The summed E-state index contributed by atoms with van der Waals surface area (Å²) in [7, 11) is 1.30. The van der Waals surface area contributed by atoms with Crippen molar-refractivity contribution in [1.29, 1.82) is 0 Å². The number of amides is 1. The number of ether oxygens (including phenoxy) is 1. The molecule has 1 saturated carbocycles. The number of anilines is 3. The van der Waals surface area contributed by atoms with Gasteiger partial charge in [-0.1, -0.05) is 6.42 Å². The third-order valence-corrected chi connectivity index (χ3v) is 7.67. The van der Waals surface area contributed by atoms with Gasteiger partial charge in [-0.15, -0.1) is 0 Å².